The maximum atomic E-state index is 12.8. The van der Waals surface area contributed by atoms with Gasteiger partial charge in [-0.2, -0.15) is 0 Å². The molecule has 0 radical (unpaired) electrons. The quantitative estimate of drug-likeness (QED) is 0.701. The van der Waals surface area contributed by atoms with Gasteiger partial charge in [0.2, 0.25) is 0 Å². The van der Waals surface area contributed by atoms with E-state index in [1.165, 1.54) is 19.1 Å². The predicted molar refractivity (Wildman–Crippen MR) is 104 cm³/mol. The normalized spacial score (nSPS) is 21.0. The van der Waals surface area contributed by atoms with Crippen LogP contribution in [0.2, 0.25) is 0 Å². The SMILES string of the molecule is CC(=O)C1=N/C(c2cccnc2)=C\CCC/C(c2ccc(C(F)F)cc2)=C\1. The third-order valence-electron chi connectivity index (χ3n) is 4.39. The Balaban J connectivity index is 2.01. The Morgan fingerprint density at radius 3 is 2.52 bits per heavy atom. The number of Topliss-reactive ketones (excluding diaryl/α,β-unsaturated/α-hetero) is 1. The molecular weight excluding hydrogens is 346 g/mol. The molecule has 1 aliphatic heterocycles. The summed E-state index contributed by atoms with van der Waals surface area (Å²) < 4.78 is 25.6. The van der Waals surface area contributed by atoms with Gasteiger partial charge in [0.05, 0.1) is 5.70 Å². The lowest BCUT2D eigenvalue weighted by atomic mass is 9.97. The maximum absolute atomic E-state index is 12.8. The number of halogens is 2. The number of hydrogen-bond acceptors (Lipinski definition) is 3. The molecule has 1 aliphatic rings. The van der Waals surface area contributed by atoms with Crippen molar-refractivity contribution in [3.63, 3.8) is 0 Å². The van der Waals surface area contributed by atoms with Gasteiger partial charge in [0.25, 0.3) is 6.43 Å². The first-order valence-electron chi connectivity index (χ1n) is 8.84. The largest absolute Gasteiger partial charge is 0.293 e. The zero-order valence-corrected chi connectivity index (χ0v) is 15.0. The van der Waals surface area contributed by atoms with Crippen LogP contribution in [0.1, 0.15) is 49.3 Å². The van der Waals surface area contributed by atoms with Crippen molar-refractivity contribution in [2.75, 3.05) is 0 Å². The minimum Gasteiger partial charge on any atom is -0.293 e. The second-order valence-corrected chi connectivity index (χ2v) is 6.37. The smallest absolute Gasteiger partial charge is 0.263 e. The van der Waals surface area contributed by atoms with Crippen LogP contribution in [0.25, 0.3) is 11.3 Å². The predicted octanol–water partition coefficient (Wildman–Crippen LogP) is 5.66. The van der Waals surface area contributed by atoms with Gasteiger partial charge >= 0.3 is 0 Å². The Morgan fingerprint density at radius 2 is 1.89 bits per heavy atom. The first kappa shape index (κ1) is 18.8. The van der Waals surface area contributed by atoms with E-state index in [1.807, 2.05) is 18.2 Å². The van der Waals surface area contributed by atoms with E-state index in [0.29, 0.717) is 5.71 Å². The Kier molecular flexibility index (Phi) is 6.01. The molecule has 0 amide bonds. The third kappa shape index (κ3) is 4.82. The molecule has 3 rings (SSSR count). The second-order valence-electron chi connectivity index (χ2n) is 6.37. The summed E-state index contributed by atoms with van der Waals surface area (Å²) in [5, 5.41) is 0. The topological polar surface area (TPSA) is 42.3 Å². The molecule has 0 unspecified atom stereocenters. The molecule has 0 saturated heterocycles. The highest BCUT2D eigenvalue weighted by Gasteiger charge is 2.13. The highest BCUT2D eigenvalue weighted by atomic mass is 19.3. The number of hydrogen-bond donors (Lipinski definition) is 0. The zero-order chi connectivity index (χ0) is 19.2. The monoisotopic (exact) mass is 366 g/mol. The minimum absolute atomic E-state index is 0.0107. The molecule has 27 heavy (non-hydrogen) atoms. The van der Waals surface area contributed by atoms with Gasteiger partial charge in [-0.1, -0.05) is 30.3 Å². The van der Waals surface area contributed by atoms with E-state index in [0.717, 1.165) is 41.7 Å². The molecule has 5 heteroatoms. The number of carbonyl (C=O) groups is 1. The average molecular weight is 366 g/mol. The lowest BCUT2D eigenvalue weighted by Gasteiger charge is -2.09. The lowest BCUT2D eigenvalue weighted by Crippen LogP contribution is -2.08. The van der Waals surface area contributed by atoms with Gasteiger partial charge in [0.1, 0.15) is 5.71 Å². The van der Waals surface area contributed by atoms with Gasteiger partial charge in [-0.25, -0.2) is 13.8 Å². The molecule has 1 aromatic heterocycles. The van der Waals surface area contributed by atoms with E-state index < -0.39 is 6.43 Å². The summed E-state index contributed by atoms with van der Waals surface area (Å²) in [6.45, 7) is 1.48. The summed E-state index contributed by atoms with van der Waals surface area (Å²) >= 11 is 0. The van der Waals surface area contributed by atoms with Crippen LogP contribution in [0.5, 0.6) is 0 Å². The van der Waals surface area contributed by atoms with E-state index >= 15 is 0 Å². The summed E-state index contributed by atoms with van der Waals surface area (Å²) in [5.41, 5.74) is 3.67. The van der Waals surface area contributed by atoms with Crippen molar-refractivity contribution in [3.05, 3.63) is 77.6 Å². The van der Waals surface area contributed by atoms with E-state index in [9.17, 15) is 13.6 Å². The Morgan fingerprint density at radius 1 is 1.11 bits per heavy atom. The van der Waals surface area contributed by atoms with Gasteiger partial charge in [0, 0.05) is 30.4 Å². The summed E-state index contributed by atoms with van der Waals surface area (Å²) in [5.74, 6) is -0.145. The molecule has 0 spiro atoms. The molecule has 0 N–H and O–H groups in total. The Labute approximate surface area is 157 Å². The van der Waals surface area contributed by atoms with Crippen molar-refractivity contribution in [1.29, 1.82) is 0 Å². The number of alkyl halides is 2. The first-order valence-corrected chi connectivity index (χ1v) is 8.84. The number of rotatable bonds is 4. The van der Waals surface area contributed by atoms with Crippen LogP contribution < -0.4 is 0 Å². The number of pyridine rings is 1. The number of carbonyl (C=O) groups excluding carboxylic acids is 1. The molecule has 138 valence electrons. The fourth-order valence-electron chi connectivity index (χ4n) is 2.92. The molecule has 2 heterocycles. The van der Waals surface area contributed by atoms with Crippen LogP contribution in [-0.2, 0) is 4.79 Å². The molecule has 3 nitrogen and oxygen atoms in total. The molecule has 0 atom stereocenters. The van der Waals surface area contributed by atoms with Crippen LogP contribution in [0.4, 0.5) is 8.78 Å². The number of nitrogens with zero attached hydrogens (tertiary/aromatic N) is 2. The van der Waals surface area contributed by atoms with Gasteiger partial charge in [-0.3, -0.25) is 9.78 Å². The van der Waals surface area contributed by atoms with Crippen molar-refractivity contribution in [2.45, 2.75) is 32.6 Å². The molecular formula is C22H20F2N2O. The van der Waals surface area contributed by atoms with Crippen molar-refractivity contribution in [1.82, 2.24) is 4.98 Å². The van der Waals surface area contributed by atoms with E-state index in [2.05, 4.69) is 9.98 Å². The molecule has 0 bridgehead atoms. The number of allylic oxidation sites excluding steroid dienone is 3. The van der Waals surface area contributed by atoms with Crippen molar-refractivity contribution >= 4 is 22.8 Å². The van der Waals surface area contributed by atoms with Gasteiger partial charge in [-0.05, 0) is 48.6 Å². The lowest BCUT2D eigenvalue weighted by molar-refractivity contribution is -0.111. The molecule has 0 saturated carbocycles. The molecule has 1 aromatic carbocycles. The van der Waals surface area contributed by atoms with Gasteiger partial charge < -0.3 is 0 Å². The van der Waals surface area contributed by atoms with Crippen molar-refractivity contribution in [2.24, 2.45) is 4.99 Å². The Bertz CT molecular complexity index is 898. The third-order valence-corrected chi connectivity index (χ3v) is 4.39. The highest BCUT2D eigenvalue weighted by Crippen LogP contribution is 2.27. The standard InChI is InChI=1S/C22H20F2N2O/c1-15(27)21-13-18(16-8-10-17(11-9-16)22(23)24)5-2-3-7-20(26-21)19-6-4-12-25-14-19/h4,6-14,22H,2-3,5H2,1H3/b18-13+,20-7-,26-21+. The average Bonchev–Trinajstić information content (AvgIpc) is 2.79. The highest BCUT2D eigenvalue weighted by molar-refractivity contribution is 6.45. The van der Waals surface area contributed by atoms with Gasteiger partial charge in [-0.15, -0.1) is 0 Å². The van der Waals surface area contributed by atoms with Gasteiger partial charge in [0.15, 0.2) is 5.78 Å². The fourth-order valence-corrected chi connectivity index (χ4v) is 2.92. The fraction of sp³-hybridized carbons (Fsp3) is 0.227. The van der Waals surface area contributed by atoms with Crippen molar-refractivity contribution in [3.8, 4) is 0 Å². The summed E-state index contributed by atoms with van der Waals surface area (Å²) in [6, 6.07) is 9.95. The van der Waals surface area contributed by atoms with Crippen molar-refractivity contribution < 1.29 is 13.6 Å². The Hall–Kier alpha value is -2.95. The number of aromatic nitrogens is 1. The van der Waals surface area contributed by atoms with E-state index in [-0.39, 0.29) is 11.3 Å². The van der Waals surface area contributed by atoms with E-state index in [4.69, 9.17) is 0 Å². The van der Waals surface area contributed by atoms with Crippen LogP contribution in [0, 0.1) is 0 Å². The first-order chi connectivity index (χ1) is 13.0. The minimum atomic E-state index is -2.49. The van der Waals surface area contributed by atoms with Crippen LogP contribution in [0.3, 0.4) is 0 Å². The molecule has 0 fully saturated rings. The summed E-state index contributed by atoms with van der Waals surface area (Å²) in [4.78, 5) is 20.9. The zero-order valence-electron chi connectivity index (χ0n) is 15.0. The second kappa shape index (κ2) is 8.62. The molecule has 0 aliphatic carbocycles. The maximum Gasteiger partial charge on any atom is 0.263 e. The van der Waals surface area contributed by atoms with Crippen LogP contribution in [-0.4, -0.2) is 16.5 Å². The van der Waals surface area contributed by atoms with E-state index in [1.54, 1.807) is 30.6 Å². The van der Waals surface area contributed by atoms with Crippen LogP contribution in [0.15, 0.2) is 65.9 Å². The number of benzene rings is 1. The summed E-state index contributed by atoms with van der Waals surface area (Å²) in [6.07, 6.45) is 7.10. The molecule has 2 aromatic rings. The number of aliphatic imine (C=N–C) groups is 1. The summed E-state index contributed by atoms with van der Waals surface area (Å²) in [7, 11) is 0. The number of ketones is 1. The van der Waals surface area contributed by atoms with Crippen LogP contribution >= 0.6 is 0 Å².